The first-order chi connectivity index (χ1) is 6.24. The van der Waals surface area contributed by atoms with E-state index < -0.39 is 0 Å². The molecule has 0 bridgehead atoms. The first-order valence-corrected chi connectivity index (χ1v) is 4.77. The summed E-state index contributed by atoms with van der Waals surface area (Å²) in [4.78, 5) is 4.19. The molecule has 0 spiro atoms. The highest BCUT2D eigenvalue weighted by Crippen LogP contribution is 2.02. The van der Waals surface area contributed by atoms with E-state index in [9.17, 15) is 0 Å². The van der Waals surface area contributed by atoms with E-state index in [2.05, 4.69) is 29.2 Å². The van der Waals surface area contributed by atoms with E-state index in [1.807, 2.05) is 11.7 Å². The molecule has 0 amide bonds. The lowest BCUT2D eigenvalue weighted by molar-refractivity contribution is 0.498. The summed E-state index contributed by atoms with van der Waals surface area (Å²) in [5, 5.41) is 7.36. The van der Waals surface area contributed by atoms with Crippen molar-refractivity contribution in [1.82, 2.24) is 20.1 Å². The number of aromatic nitrogens is 3. The van der Waals surface area contributed by atoms with Crippen molar-refractivity contribution < 1.29 is 0 Å². The summed E-state index contributed by atoms with van der Waals surface area (Å²) in [6.07, 6.45) is 2.60. The summed E-state index contributed by atoms with van der Waals surface area (Å²) in [6, 6.07) is 0. The largest absolute Gasteiger partial charge is 0.317 e. The Morgan fingerprint density at radius 2 is 2.38 bits per heavy atom. The molecule has 13 heavy (non-hydrogen) atoms. The summed E-state index contributed by atoms with van der Waals surface area (Å²) in [7, 11) is 1.93. The van der Waals surface area contributed by atoms with Crippen molar-refractivity contribution in [3.8, 4) is 0 Å². The molecule has 4 heteroatoms. The van der Waals surface area contributed by atoms with Crippen molar-refractivity contribution in [2.24, 2.45) is 13.0 Å². The van der Waals surface area contributed by atoms with Crippen molar-refractivity contribution in [2.75, 3.05) is 13.1 Å². The lowest BCUT2D eigenvalue weighted by atomic mass is 10.1. The van der Waals surface area contributed by atoms with E-state index in [0.29, 0.717) is 5.92 Å². The van der Waals surface area contributed by atoms with Gasteiger partial charge in [0.2, 0.25) is 0 Å². The van der Waals surface area contributed by atoms with Crippen LogP contribution in [0.15, 0.2) is 6.33 Å². The van der Waals surface area contributed by atoms with Gasteiger partial charge in [0.15, 0.2) is 0 Å². The van der Waals surface area contributed by atoms with Crippen LogP contribution in [0.5, 0.6) is 0 Å². The van der Waals surface area contributed by atoms with Crippen LogP contribution in [0.3, 0.4) is 0 Å². The number of hydrogen-bond donors (Lipinski definition) is 1. The molecular formula is C9H18N4. The second-order valence-corrected chi connectivity index (χ2v) is 3.42. The molecule has 0 aromatic carbocycles. The molecule has 74 valence electrons. The molecule has 0 radical (unpaired) electrons. The minimum atomic E-state index is 0.614. The minimum Gasteiger partial charge on any atom is -0.317 e. The van der Waals surface area contributed by atoms with Crippen molar-refractivity contribution in [1.29, 1.82) is 0 Å². The average Bonchev–Trinajstić information content (AvgIpc) is 2.48. The Morgan fingerprint density at radius 3 is 2.92 bits per heavy atom. The van der Waals surface area contributed by atoms with Gasteiger partial charge in [-0.1, -0.05) is 13.8 Å². The van der Waals surface area contributed by atoms with Crippen molar-refractivity contribution >= 4 is 0 Å². The smallest absolute Gasteiger partial charge is 0.138 e. The Hall–Kier alpha value is -0.900. The van der Waals surface area contributed by atoms with Gasteiger partial charge in [-0.05, 0) is 19.0 Å². The molecule has 0 fully saturated rings. The van der Waals surface area contributed by atoms with E-state index in [-0.39, 0.29) is 0 Å². The molecule has 1 atom stereocenters. The van der Waals surface area contributed by atoms with E-state index in [4.69, 9.17) is 0 Å². The highest BCUT2D eigenvalue weighted by Gasteiger charge is 2.06. The Morgan fingerprint density at radius 1 is 1.62 bits per heavy atom. The van der Waals surface area contributed by atoms with Crippen LogP contribution in [0.25, 0.3) is 0 Å². The summed E-state index contributed by atoms with van der Waals surface area (Å²) in [5.74, 6) is 1.67. The molecule has 0 aliphatic heterocycles. The van der Waals surface area contributed by atoms with Crippen molar-refractivity contribution in [3.05, 3.63) is 12.2 Å². The van der Waals surface area contributed by atoms with E-state index in [0.717, 1.165) is 25.3 Å². The molecule has 1 aromatic heterocycles. The molecule has 0 saturated heterocycles. The molecule has 0 saturated carbocycles. The molecule has 1 heterocycles. The SMILES string of the molecule is CCNCC(C)Cc1ncnn1C. The zero-order chi connectivity index (χ0) is 9.68. The number of aryl methyl sites for hydroxylation is 1. The maximum absolute atomic E-state index is 4.19. The van der Waals surface area contributed by atoms with Crippen LogP contribution in [0, 0.1) is 5.92 Å². The van der Waals surface area contributed by atoms with E-state index >= 15 is 0 Å². The maximum Gasteiger partial charge on any atom is 0.138 e. The molecule has 1 aromatic rings. The third-order valence-electron chi connectivity index (χ3n) is 2.08. The first kappa shape index (κ1) is 10.2. The summed E-state index contributed by atoms with van der Waals surface area (Å²) in [5.41, 5.74) is 0. The van der Waals surface area contributed by atoms with Gasteiger partial charge >= 0.3 is 0 Å². The van der Waals surface area contributed by atoms with Crippen molar-refractivity contribution in [3.63, 3.8) is 0 Å². The quantitative estimate of drug-likeness (QED) is 0.725. The Bertz CT molecular complexity index is 244. The maximum atomic E-state index is 4.19. The van der Waals surface area contributed by atoms with Gasteiger partial charge in [-0.3, -0.25) is 4.68 Å². The number of rotatable bonds is 5. The molecule has 0 aliphatic carbocycles. The van der Waals surface area contributed by atoms with Gasteiger partial charge in [0.1, 0.15) is 12.2 Å². The zero-order valence-electron chi connectivity index (χ0n) is 8.62. The van der Waals surface area contributed by atoms with Crippen LogP contribution in [-0.2, 0) is 13.5 Å². The number of nitrogens with zero attached hydrogens (tertiary/aromatic N) is 3. The first-order valence-electron chi connectivity index (χ1n) is 4.77. The molecule has 0 aliphatic rings. The van der Waals surface area contributed by atoms with Crippen molar-refractivity contribution in [2.45, 2.75) is 20.3 Å². The van der Waals surface area contributed by atoms with Gasteiger partial charge in [-0.25, -0.2) is 4.98 Å². The molecule has 1 rings (SSSR count). The Kier molecular flexibility index (Phi) is 3.89. The highest BCUT2D eigenvalue weighted by atomic mass is 15.3. The summed E-state index contributed by atoms with van der Waals surface area (Å²) < 4.78 is 1.84. The van der Waals surface area contributed by atoms with Crippen LogP contribution < -0.4 is 5.32 Å². The molecular weight excluding hydrogens is 164 g/mol. The highest BCUT2D eigenvalue weighted by molar-refractivity contribution is 4.85. The van der Waals surface area contributed by atoms with Gasteiger partial charge in [-0.15, -0.1) is 0 Å². The second kappa shape index (κ2) is 4.97. The summed E-state index contributed by atoms with van der Waals surface area (Å²) in [6.45, 7) is 6.42. The second-order valence-electron chi connectivity index (χ2n) is 3.42. The zero-order valence-corrected chi connectivity index (χ0v) is 8.62. The fourth-order valence-corrected chi connectivity index (χ4v) is 1.28. The Balaban J connectivity index is 2.36. The van der Waals surface area contributed by atoms with Gasteiger partial charge < -0.3 is 5.32 Å². The van der Waals surface area contributed by atoms with Crippen LogP contribution in [-0.4, -0.2) is 27.9 Å². The third-order valence-corrected chi connectivity index (χ3v) is 2.08. The lowest BCUT2D eigenvalue weighted by Crippen LogP contribution is -2.22. The molecule has 4 nitrogen and oxygen atoms in total. The molecule has 1 unspecified atom stereocenters. The topological polar surface area (TPSA) is 42.7 Å². The van der Waals surface area contributed by atoms with Crippen LogP contribution in [0.4, 0.5) is 0 Å². The van der Waals surface area contributed by atoms with E-state index in [1.165, 1.54) is 0 Å². The number of hydrogen-bond acceptors (Lipinski definition) is 3. The van der Waals surface area contributed by atoms with E-state index in [1.54, 1.807) is 6.33 Å². The standard InChI is InChI=1S/C9H18N4/c1-4-10-6-8(2)5-9-11-7-12-13(9)3/h7-8,10H,4-6H2,1-3H3. The van der Waals surface area contributed by atoms with Crippen LogP contribution in [0.1, 0.15) is 19.7 Å². The van der Waals surface area contributed by atoms with Crippen LogP contribution in [0.2, 0.25) is 0 Å². The minimum absolute atomic E-state index is 0.614. The monoisotopic (exact) mass is 182 g/mol. The summed E-state index contributed by atoms with van der Waals surface area (Å²) >= 11 is 0. The average molecular weight is 182 g/mol. The fourth-order valence-electron chi connectivity index (χ4n) is 1.28. The normalized spacial score (nSPS) is 13.2. The van der Waals surface area contributed by atoms with Gasteiger partial charge in [0, 0.05) is 13.5 Å². The van der Waals surface area contributed by atoms with Crippen LogP contribution >= 0.6 is 0 Å². The lowest BCUT2D eigenvalue weighted by Gasteiger charge is -2.10. The fraction of sp³-hybridized carbons (Fsp3) is 0.778. The van der Waals surface area contributed by atoms with Gasteiger partial charge in [0.05, 0.1) is 0 Å². The number of nitrogens with one attached hydrogen (secondary N) is 1. The van der Waals surface area contributed by atoms with Gasteiger partial charge in [0.25, 0.3) is 0 Å². The third kappa shape index (κ3) is 3.14. The van der Waals surface area contributed by atoms with Gasteiger partial charge in [-0.2, -0.15) is 5.10 Å². The predicted octanol–water partition coefficient (Wildman–Crippen LogP) is 0.603. The Labute approximate surface area is 79.4 Å². The molecule has 1 N–H and O–H groups in total. The predicted molar refractivity (Wildman–Crippen MR) is 52.4 cm³/mol.